The highest BCUT2D eigenvalue weighted by atomic mass is 16.5. The molecule has 0 aliphatic heterocycles. The van der Waals surface area contributed by atoms with Crippen molar-refractivity contribution >= 4 is 5.91 Å². The number of carbonyl (C=O) groups excluding carboxylic acids is 1. The molecule has 3 aromatic rings. The molecule has 0 unspecified atom stereocenters. The van der Waals surface area contributed by atoms with Gasteiger partial charge >= 0.3 is 0 Å². The number of ether oxygens (including phenoxy) is 1. The lowest BCUT2D eigenvalue weighted by atomic mass is 10.2. The van der Waals surface area contributed by atoms with Crippen LogP contribution in [0.15, 0.2) is 40.8 Å². The second kappa shape index (κ2) is 7.76. The average Bonchev–Trinajstić information content (AvgIpc) is 3.21. The smallest absolute Gasteiger partial charge is 0.226 e. The highest BCUT2D eigenvalue weighted by molar-refractivity contribution is 5.78. The fraction of sp³-hybridized carbons (Fsp3) is 0.278. The molecular formula is C18H20N4O3. The minimum absolute atomic E-state index is 0.126. The van der Waals surface area contributed by atoms with Crippen molar-refractivity contribution in [2.45, 2.75) is 26.5 Å². The molecule has 2 N–H and O–H groups in total. The molecule has 0 aliphatic carbocycles. The zero-order chi connectivity index (χ0) is 17.6. The van der Waals surface area contributed by atoms with Crippen molar-refractivity contribution in [2.24, 2.45) is 0 Å². The second-order valence-corrected chi connectivity index (χ2v) is 5.66. The van der Waals surface area contributed by atoms with Gasteiger partial charge in [-0.1, -0.05) is 18.2 Å². The van der Waals surface area contributed by atoms with E-state index >= 15 is 0 Å². The summed E-state index contributed by atoms with van der Waals surface area (Å²) in [5.74, 6) is 1.05. The maximum atomic E-state index is 12.2. The zero-order valence-electron chi connectivity index (χ0n) is 14.2. The first-order valence-electron chi connectivity index (χ1n) is 7.96. The first-order chi connectivity index (χ1) is 12.2. The number of rotatable bonds is 7. The predicted molar refractivity (Wildman–Crippen MR) is 91.5 cm³/mol. The van der Waals surface area contributed by atoms with Crippen LogP contribution in [0.25, 0.3) is 11.5 Å². The second-order valence-electron chi connectivity index (χ2n) is 5.66. The Balaban J connectivity index is 1.58. The Labute approximate surface area is 145 Å². The van der Waals surface area contributed by atoms with Gasteiger partial charge in [-0.3, -0.25) is 9.89 Å². The molecule has 2 aromatic heterocycles. The monoisotopic (exact) mass is 340 g/mol. The van der Waals surface area contributed by atoms with Gasteiger partial charge in [0.2, 0.25) is 11.8 Å². The van der Waals surface area contributed by atoms with Crippen molar-refractivity contribution in [2.75, 3.05) is 7.11 Å². The Hall–Kier alpha value is -2.93. The van der Waals surface area contributed by atoms with Crippen molar-refractivity contribution < 1.29 is 13.9 Å². The van der Waals surface area contributed by atoms with E-state index in [0.717, 1.165) is 17.0 Å². The van der Waals surface area contributed by atoms with E-state index in [9.17, 15) is 4.79 Å². The van der Waals surface area contributed by atoms with E-state index in [-0.39, 0.29) is 12.3 Å². The minimum Gasteiger partial charge on any atom is -0.441 e. The van der Waals surface area contributed by atoms with Gasteiger partial charge in [-0.2, -0.15) is 5.10 Å². The van der Waals surface area contributed by atoms with Gasteiger partial charge in [-0.15, -0.1) is 0 Å². The number of aromatic nitrogens is 3. The van der Waals surface area contributed by atoms with E-state index in [4.69, 9.17) is 9.15 Å². The van der Waals surface area contributed by atoms with Crippen LogP contribution < -0.4 is 5.32 Å². The maximum Gasteiger partial charge on any atom is 0.226 e. The van der Waals surface area contributed by atoms with Gasteiger partial charge in [0.25, 0.3) is 0 Å². The van der Waals surface area contributed by atoms with Gasteiger partial charge in [0, 0.05) is 12.7 Å². The van der Waals surface area contributed by atoms with Crippen LogP contribution in [0, 0.1) is 6.92 Å². The lowest BCUT2D eigenvalue weighted by Crippen LogP contribution is -2.25. The Morgan fingerprint density at radius 2 is 2.12 bits per heavy atom. The van der Waals surface area contributed by atoms with Crippen LogP contribution in [0.3, 0.4) is 0 Å². The van der Waals surface area contributed by atoms with E-state index in [2.05, 4.69) is 20.5 Å². The summed E-state index contributed by atoms with van der Waals surface area (Å²) in [4.78, 5) is 16.6. The van der Waals surface area contributed by atoms with E-state index < -0.39 is 0 Å². The van der Waals surface area contributed by atoms with Gasteiger partial charge in [0.05, 0.1) is 36.7 Å². The molecule has 0 radical (unpaired) electrons. The Morgan fingerprint density at radius 1 is 1.32 bits per heavy atom. The van der Waals surface area contributed by atoms with Crippen LogP contribution in [0.1, 0.15) is 22.8 Å². The fourth-order valence-corrected chi connectivity index (χ4v) is 2.43. The van der Waals surface area contributed by atoms with Gasteiger partial charge in [0.1, 0.15) is 5.76 Å². The standard InChI is InChI=1S/C18H20N4O3/c1-12-16(20-18(25-12)13-6-4-3-5-7-13)9-17(23)19-10-14-8-15(11-24-2)22-21-14/h3-8H,9-11H2,1-2H3,(H,19,23)(H,21,22). The lowest BCUT2D eigenvalue weighted by molar-refractivity contribution is -0.120. The molecule has 25 heavy (non-hydrogen) atoms. The minimum atomic E-state index is -0.126. The van der Waals surface area contributed by atoms with Crippen molar-refractivity contribution in [1.29, 1.82) is 0 Å². The quantitative estimate of drug-likeness (QED) is 0.689. The topological polar surface area (TPSA) is 93.0 Å². The number of methoxy groups -OCH3 is 1. The summed E-state index contributed by atoms with van der Waals surface area (Å²) in [6.45, 7) is 2.62. The number of aromatic amines is 1. The number of carbonyl (C=O) groups is 1. The molecule has 130 valence electrons. The number of nitrogens with one attached hydrogen (secondary N) is 2. The largest absolute Gasteiger partial charge is 0.441 e. The van der Waals surface area contributed by atoms with Crippen molar-refractivity contribution in [3.63, 3.8) is 0 Å². The van der Waals surface area contributed by atoms with Crippen LogP contribution in [0.5, 0.6) is 0 Å². The number of nitrogens with zero attached hydrogens (tertiary/aromatic N) is 2. The first kappa shape index (κ1) is 16.9. The number of benzene rings is 1. The van der Waals surface area contributed by atoms with E-state index in [0.29, 0.717) is 30.5 Å². The normalized spacial score (nSPS) is 10.8. The molecule has 0 spiro atoms. The fourth-order valence-electron chi connectivity index (χ4n) is 2.43. The van der Waals surface area contributed by atoms with Gasteiger partial charge < -0.3 is 14.5 Å². The van der Waals surface area contributed by atoms with Gasteiger partial charge in [-0.05, 0) is 25.1 Å². The summed E-state index contributed by atoms with van der Waals surface area (Å²) in [5, 5.41) is 9.80. The summed E-state index contributed by atoms with van der Waals surface area (Å²) in [5.41, 5.74) is 3.15. The third kappa shape index (κ3) is 4.33. The Morgan fingerprint density at radius 3 is 2.88 bits per heavy atom. The van der Waals surface area contributed by atoms with Crippen molar-refractivity contribution in [3.8, 4) is 11.5 Å². The van der Waals surface area contributed by atoms with Crippen molar-refractivity contribution in [3.05, 3.63) is 59.2 Å². The molecule has 1 aromatic carbocycles. The lowest BCUT2D eigenvalue weighted by Gasteiger charge is -2.02. The molecule has 0 saturated carbocycles. The third-order valence-electron chi connectivity index (χ3n) is 3.69. The van der Waals surface area contributed by atoms with Gasteiger partial charge in [0.15, 0.2) is 0 Å². The number of H-pyrrole nitrogens is 1. The van der Waals surface area contributed by atoms with E-state index in [1.165, 1.54) is 0 Å². The first-order valence-corrected chi connectivity index (χ1v) is 7.96. The Kier molecular flexibility index (Phi) is 5.25. The summed E-state index contributed by atoms with van der Waals surface area (Å²) in [6, 6.07) is 11.5. The van der Waals surface area contributed by atoms with Crippen LogP contribution >= 0.6 is 0 Å². The number of hydrogen-bond acceptors (Lipinski definition) is 5. The van der Waals surface area contributed by atoms with Crippen molar-refractivity contribution in [1.82, 2.24) is 20.5 Å². The molecule has 7 heteroatoms. The van der Waals surface area contributed by atoms with Gasteiger partial charge in [-0.25, -0.2) is 4.98 Å². The van der Waals surface area contributed by atoms with Crippen LogP contribution in [0.2, 0.25) is 0 Å². The molecule has 0 aliphatic rings. The molecule has 0 atom stereocenters. The Bertz CT molecular complexity index is 839. The SMILES string of the molecule is COCc1cc(CNC(=O)Cc2nc(-c3ccccc3)oc2C)[nH]n1. The van der Waals surface area contributed by atoms with Crippen LogP contribution in [-0.2, 0) is 29.1 Å². The summed E-state index contributed by atoms with van der Waals surface area (Å²) in [6.07, 6.45) is 0.168. The summed E-state index contributed by atoms with van der Waals surface area (Å²) < 4.78 is 10.7. The number of aryl methyl sites for hydroxylation is 1. The molecule has 0 saturated heterocycles. The van der Waals surface area contributed by atoms with E-state index in [1.54, 1.807) is 7.11 Å². The average molecular weight is 340 g/mol. The molecule has 2 heterocycles. The van der Waals surface area contributed by atoms with Crippen LogP contribution in [-0.4, -0.2) is 28.2 Å². The maximum absolute atomic E-state index is 12.2. The summed E-state index contributed by atoms with van der Waals surface area (Å²) in [7, 11) is 1.61. The number of hydrogen-bond donors (Lipinski definition) is 2. The molecule has 0 fully saturated rings. The third-order valence-corrected chi connectivity index (χ3v) is 3.69. The number of amides is 1. The molecular weight excluding hydrogens is 320 g/mol. The highest BCUT2D eigenvalue weighted by Crippen LogP contribution is 2.21. The molecule has 1 amide bonds. The highest BCUT2D eigenvalue weighted by Gasteiger charge is 2.14. The predicted octanol–water partition coefficient (Wildman–Crippen LogP) is 2.38. The van der Waals surface area contributed by atoms with Crippen LogP contribution in [0.4, 0.5) is 0 Å². The molecule has 7 nitrogen and oxygen atoms in total. The summed E-state index contributed by atoms with van der Waals surface area (Å²) >= 11 is 0. The molecule has 0 bridgehead atoms. The van der Waals surface area contributed by atoms with E-state index in [1.807, 2.05) is 43.3 Å². The zero-order valence-corrected chi connectivity index (χ0v) is 14.2. The molecule has 3 rings (SSSR count). The number of oxazole rings is 1.